The van der Waals surface area contributed by atoms with Gasteiger partial charge in [0.25, 0.3) is 0 Å². The zero-order valence-electron chi connectivity index (χ0n) is 14.3. The number of hydrogen-bond donors (Lipinski definition) is 8. The van der Waals surface area contributed by atoms with Crippen LogP contribution in [0.3, 0.4) is 0 Å². The standard InChI is InChI=1S/C11H23N5O9P2/c1-2-22-10-8(12)9(15-11(13)16-10)14-7-4-3-6(24-7)5-23-27(20,21)25-26(17,18)19/h6-7,17-21H,2-5,12H2,1H3,(H3,13,14,15,16)/q+2. The molecule has 2 atom stereocenters. The molecule has 0 saturated carbocycles. The fraction of sp³-hybridized carbons (Fsp3) is 0.636. The molecule has 0 amide bonds. The molecule has 14 nitrogen and oxygen atoms in total. The third-order valence-electron chi connectivity index (χ3n) is 3.26. The first-order valence-corrected chi connectivity index (χ1v) is 10.8. The van der Waals surface area contributed by atoms with Gasteiger partial charge in [-0.3, -0.25) is 0 Å². The number of nitrogens with two attached hydrogens (primary N) is 2. The molecule has 1 aliphatic heterocycles. The molecule has 10 N–H and O–H groups in total. The molecule has 1 fully saturated rings. The molecule has 2 unspecified atom stereocenters. The largest absolute Gasteiger partial charge is 0.620 e. The highest BCUT2D eigenvalue weighted by atomic mass is 31.3. The van der Waals surface area contributed by atoms with E-state index in [4.69, 9.17) is 35.6 Å². The van der Waals surface area contributed by atoms with Gasteiger partial charge in [0.15, 0.2) is 5.82 Å². The lowest BCUT2D eigenvalue weighted by Crippen LogP contribution is -2.24. The molecule has 27 heavy (non-hydrogen) atoms. The summed E-state index contributed by atoms with van der Waals surface area (Å²) in [6, 6.07) is 0. The Labute approximate surface area is 155 Å². The smallest absolute Gasteiger partial charge is 0.476 e. The van der Waals surface area contributed by atoms with Crippen LogP contribution in [0.4, 0.5) is 17.5 Å². The second-order valence-electron chi connectivity index (χ2n) is 5.43. The van der Waals surface area contributed by atoms with Crippen LogP contribution < -0.4 is 21.5 Å². The first-order chi connectivity index (χ1) is 12.5. The Morgan fingerprint density at radius 1 is 1.19 bits per heavy atom. The highest BCUT2D eigenvalue weighted by molar-refractivity contribution is 7.67. The summed E-state index contributed by atoms with van der Waals surface area (Å²) in [6.07, 6.45) is -0.133. The first-order valence-electron chi connectivity index (χ1n) is 7.74. The third-order valence-corrected chi connectivity index (χ3v) is 5.47. The summed E-state index contributed by atoms with van der Waals surface area (Å²) in [5, 5.41) is 2.94. The third kappa shape index (κ3) is 7.05. The molecule has 0 bridgehead atoms. The Morgan fingerprint density at radius 2 is 1.89 bits per heavy atom. The van der Waals surface area contributed by atoms with E-state index in [2.05, 4.69) is 24.1 Å². The molecule has 1 aromatic rings. The number of nitrogen functional groups attached to an aromatic ring is 2. The average molecular weight is 431 g/mol. The molecule has 0 radical (unpaired) electrons. The summed E-state index contributed by atoms with van der Waals surface area (Å²) in [4.78, 5) is 52.8. The van der Waals surface area contributed by atoms with Crippen molar-refractivity contribution in [2.24, 2.45) is 0 Å². The highest BCUT2D eigenvalue weighted by Gasteiger charge is 2.58. The van der Waals surface area contributed by atoms with Crippen molar-refractivity contribution in [1.82, 2.24) is 9.97 Å². The summed E-state index contributed by atoms with van der Waals surface area (Å²) >= 11 is 0. The number of nitrogens with zero attached hydrogens (tertiary/aromatic N) is 2. The van der Waals surface area contributed by atoms with E-state index in [9.17, 15) is 9.79 Å². The van der Waals surface area contributed by atoms with Crippen LogP contribution in [0.2, 0.25) is 0 Å². The van der Waals surface area contributed by atoms with Crippen LogP contribution in [-0.4, -0.2) is 60.0 Å². The summed E-state index contributed by atoms with van der Waals surface area (Å²) in [6.45, 7) is 1.78. The second-order valence-corrected chi connectivity index (χ2v) is 8.35. The molecule has 1 saturated heterocycles. The fourth-order valence-electron chi connectivity index (χ4n) is 2.26. The Kier molecular flexibility index (Phi) is 7.27. The van der Waals surface area contributed by atoms with Crippen molar-refractivity contribution in [3.8, 4) is 5.88 Å². The van der Waals surface area contributed by atoms with Gasteiger partial charge in [-0.25, -0.2) is 0 Å². The van der Waals surface area contributed by atoms with E-state index in [1.165, 1.54) is 0 Å². The number of hydrogen-bond acceptors (Lipinski definition) is 14. The summed E-state index contributed by atoms with van der Waals surface area (Å²) < 4.78 is 19.5. The molecule has 154 valence electrons. The fourth-order valence-corrected chi connectivity index (χ4v) is 3.95. The number of rotatable bonds is 9. The Morgan fingerprint density at radius 3 is 2.52 bits per heavy atom. The lowest BCUT2D eigenvalue weighted by atomic mass is 10.2. The Bertz CT molecular complexity index is 647. The minimum Gasteiger partial charge on any atom is -0.476 e. The number of anilines is 3. The average Bonchev–Trinajstić information content (AvgIpc) is 2.95. The zero-order valence-corrected chi connectivity index (χ0v) is 16.1. The highest BCUT2D eigenvalue weighted by Crippen LogP contribution is 2.67. The predicted octanol–water partition coefficient (Wildman–Crippen LogP) is -0.693. The van der Waals surface area contributed by atoms with Gasteiger partial charge in [0.2, 0.25) is 11.8 Å². The lowest BCUT2D eigenvalue weighted by Gasteiger charge is -2.17. The quantitative estimate of drug-likeness (QED) is 0.226. The van der Waals surface area contributed by atoms with Gasteiger partial charge in [-0.1, -0.05) is 0 Å². The normalized spacial score (nSPS) is 20.7. The van der Waals surface area contributed by atoms with E-state index in [1.807, 2.05) is 0 Å². The Hall–Kier alpha value is -1.18. The van der Waals surface area contributed by atoms with Crippen LogP contribution >= 0.6 is 16.3 Å². The van der Waals surface area contributed by atoms with Crippen LogP contribution in [0.15, 0.2) is 0 Å². The summed E-state index contributed by atoms with van der Waals surface area (Å²) in [7, 11) is -9.46. The van der Waals surface area contributed by atoms with Crippen LogP contribution in [0.25, 0.3) is 0 Å². The molecule has 0 spiro atoms. The number of aromatic nitrogens is 2. The maximum Gasteiger partial charge on any atom is 0.620 e. The van der Waals surface area contributed by atoms with Gasteiger partial charge in [0.05, 0.1) is 17.0 Å². The van der Waals surface area contributed by atoms with Gasteiger partial charge >= 0.3 is 16.3 Å². The SMILES string of the molecule is CCOc1nc(N)nc(NC2CCC(CO[P+](O)(O)O[P+](O)(O)O)O2)c1N. The van der Waals surface area contributed by atoms with Gasteiger partial charge < -0.3 is 26.3 Å². The van der Waals surface area contributed by atoms with Crippen LogP contribution in [0, 0.1) is 0 Å². The second kappa shape index (κ2) is 8.88. The van der Waals surface area contributed by atoms with Crippen molar-refractivity contribution in [2.75, 3.05) is 30.0 Å². The van der Waals surface area contributed by atoms with Gasteiger partial charge in [0.1, 0.15) is 18.5 Å². The summed E-state index contributed by atoms with van der Waals surface area (Å²) in [5.41, 5.74) is 11.7. The molecule has 1 aliphatic rings. The van der Waals surface area contributed by atoms with Gasteiger partial charge in [-0.2, -0.15) is 34.4 Å². The van der Waals surface area contributed by atoms with Crippen LogP contribution in [0.5, 0.6) is 5.88 Å². The van der Waals surface area contributed by atoms with E-state index in [0.717, 1.165) is 0 Å². The minimum absolute atomic E-state index is 0.0378. The van der Waals surface area contributed by atoms with Crippen LogP contribution in [-0.2, 0) is 13.6 Å². The van der Waals surface area contributed by atoms with Gasteiger partial charge in [-0.15, -0.1) is 4.52 Å². The van der Waals surface area contributed by atoms with Crippen molar-refractivity contribution in [3.63, 3.8) is 0 Å². The topological polar surface area (TPSA) is 228 Å². The molecule has 0 aliphatic carbocycles. The molecular weight excluding hydrogens is 408 g/mol. The molecule has 0 aromatic carbocycles. The molecule has 2 rings (SSSR count). The zero-order chi connectivity index (χ0) is 20.2. The summed E-state index contributed by atoms with van der Waals surface area (Å²) in [5.74, 6) is 0.327. The first kappa shape index (κ1) is 22.1. The van der Waals surface area contributed by atoms with Gasteiger partial charge in [-0.05, 0) is 19.8 Å². The number of nitrogens with one attached hydrogen (secondary N) is 1. The van der Waals surface area contributed by atoms with Crippen molar-refractivity contribution < 1.29 is 42.8 Å². The van der Waals surface area contributed by atoms with Crippen molar-refractivity contribution >= 4 is 33.8 Å². The van der Waals surface area contributed by atoms with Crippen molar-refractivity contribution in [2.45, 2.75) is 32.1 Å². The van der Waals surface area contributed by atoms with E-state index in [-0.39, 0.29) is 29.9 Å². The maximum absolute atomic E-state index is 9.40. The molecular formula is C11H23N5O9P2+2. The van der Waals surface area contributed by atoms with E-state index >= 15 is 0 Å². The van der Waals surface area contributed by atoms with Crippen molar-refractivity contribution in [3.05, 3.63) is 0 Å². The molecule has 2 heterocycles. The minimum atomic E-state index is -4.86. The lowest BCUT2D eigenvalue weighted by molar-refractivity contribution is 0.0155. The predicted molar refractivity (Wildman–Crippen MR) is 95.5 cm³/mol. The van der Waals surface area contributed by atoms with Crippen LogP contribution in [0.1, 0.15) is 19.8 Å². The molecule has 16 heteroatoms. The van der Waals surface area contributed by atoms with Gasteiger partial charge in [0, 0.05) is 0 Å². The Balaban J connectivity index is 1.90. The molecule has 1 aromatic heterocycles. The van der Waals surface area contributed by atoms with Crippen molar-refractivity contribution in [1.29, 1.82) is 0 Å². The maximum atomic E-state index is 9.40. The van der Waals surface area contributed by atoms with E-state index in [0.29, 0.717) is 19.4 Å². The number of ether oxygens (including phenoxy) is 2. The van der Waals surface area contributed by atoms with E-state index in [1.54, 1.807) is 6.92 Å². The van der Waals surface area contributed by atoms with E-state index < -0.39 is 28.7 Å². The monoisotopic (exact) mass is 431 g/mol.